The van der Waals surface area contributed by atoms with Crippen molar-refractivity contribution >= 4 is 11.3 Å². The Labute approximate surface area is 133 Å². The molecular formula is C18H30N2S. The normalized spacial score (nSPS) is 30.5. The lowest BCUT2D eigenvalue weighted by molar-refractivity contribution is 0.0858. The molecule has 2 saturated carbocycles. The summed E-state index contributed by atoms with van der Waals surface area (Å²) in [5, 5.41) is 7.27. The molecule has 0 unspecified atom stereocenters. The lowest BCUT2D eigenvalue weighted by atomic mass is 9.63. The predicted octanol–water partition coefficient (Wildman–Crippen LogP) is 4.66. The van der Waals surface area contributed by atoms with Crippen molar-refractivity contribution in [2.24, 2.45) is 16.7 Å². The number of nitrogens with zero attached hydrogens (tertiary/aromatic N) is 1. The zero-order chi connectivity index (χ0) is 14.9. The largest absolute Gasteiger partial charge is 0.313 e. The average Bonchev–Trinajstić information content (AvgIpc) is 3.13. The predicted molar refractivity (Wildman–Crippen MR) is 90.7 cm³/mol. The zero-order valence-corrected chi connectivity index (χ0v) is 14.6. The molecule has 1 aromatic rings. The molecule has 0 saturated heterocycles. The van der Waals surface area contributed by atoms with Gasteiger partial charge < -0.3 is 5.32 Å². The van der Waals surface area contributed by atoms with E-state index >= 15 is 0 Å². The third-order valence-electron chi connectivity index (χ3n) is 5.62. The van der Waals surface area contributed by atoms with Crippen LogP contribution in [0.2, 0.25) is 0 Å². The highest BCUT2D eigenvalue weighted by Crippen LogP contribution is 2.47. The van der Waals surface area contributed by atoms with Gasteiger partial charge in [-0.2, -0.15) is 0 Å². The van der Waals surface area contributed by atoms with E-state index in [1.165, 1.54) is 56.5 Å². The van der Waals surface area contributed by atoms with Gasteiger partial charge in [0.2, 0.25) is 0 Å². The van der Waals surface area contributed by atoms with E-state index in [9.17, 15) is 0 Å². The Balaban J connectivity index is 1.65. The monoisotopic (exact) mass is 306 g/mol. The van der Waals surface area contributed by atoms with Gasteiger partial charge in [0.25, 0.3) is 0 Å². The maximum atomic E-state index is 4.56. The highest BCUT2D eigenvalue weighted by molar-refractivity contribution is 7.09. The number of rotatable bonds is 5. The Morgan fingerprint density at radius 1 is 1.24 bits per heavy atom. The molecule has 118 valence electrons. The molecule has 0 radical (unpaired) electrons. The molecule has 1 aromatic heterocycles. The summed E-state index contributed by atoms with van der Waals surface area (Å²) in [6, 6.07) is 0.818. The first-order valence-corrected chi connectivity index (χ1v) is 9.47. The Hall–Kier alpha value is -0.410. The number of aromatic nitrogens is 1. The fraction of sp³-hybridized carbons (Fsp3) is 0.833. The van der Waals surface area contributed by atoms with Crippen LogP contribution in [0.3, 0.4) is 0 Å². The van der Waals surface area contributed by atoms with Crippen molar-refractivity contribution in [2.45, 2.75) is 71.8 Å². The molecule has 0 spiro atoms. The second-order valence-corrected chi connectivity index (χ2v) is 9.38. The number of nitrogens with one attached hydrogen (secondary N) is 1. The quantitative estimate of drug-likeness (QED) is 0.855. The third kappa shape index (κ3) is 4.07. The standard InChI is InChI=1S/C18H30N2S/c1-17(2,3)14-6-8-18(9-7-14,13-20-15-4-5-15)12-16-19-10-11-21-16/h10-11,14-15,20H,4-9,12-13H2,1-3H3. The van der Waals surface area contributed by atoms with Gasteiger partial charge in [-0.3, -0.25) is 0 Å². The highest BCUT2D eigenvalue weighted by atomic mass is 32.1. The SMILES string of the molecule is CC(C)(C)C1CCC(CNC2CC2)(Cc2nccs2)CC1. The van der Waals surface area contributed by atoms with Gasteiger partial charge in [0, 0.05) is 30.6 Å². The molecule has 0 bridgehead atoms. The number of hydrogen-bond acceptors (Lipinski definition) is 3. The minimum Gasteiger partial charge on any atom is -0.313 e. The van der Waals surface area contributed by atoms with Crippen LogP contribution < -0.4 is 5.32 Å². The molecule has 1 heterocycles. The van der Waals surface area contributed by atoms with Gasteiger partial charge in [-0.15, -0.1) is 11.3 Å². The van der Waals surface area contributed by atoms with Crippen molar-refractivity contribution in [1.29, 1.82) is 0 Å². The molecule has 2 aliphatic carbocycles. The molecule has 0 amide bonds. The van der Waals surface area contributed by atoms with Crippen LogP contribution in [-0.4, -0.2) is 17.6 Å². The lowest BCUT2D eigenvalue weighted by Crippen LogP contribution is -2.41. The molecule has 0 aliphatic heterocycles. The molecule has 2 fully saturated rings. The molecule has 2 nitrogen and oxygen atoms in total. The minimum absolute atomic E-state index is 0.461. The lowest BCUT2D eigenvalue weighted by Gasteiger charge is -2.44. The number of hydrogen-bond donors (Lipinski definition) is 1. The van der Waals surface area contributed by atoms with E-state index < -0.39 is 0 Å². The van der Waals surface area contributed by atoms with Crippen LogP contribution in [-0.2, 0) is 6.42 Å². The summed E-state index contributed by atoms with van der Waals surface area (Å²) in [6.07, 6.45) is 11.4. The Kier molecular flexibility index (Phi) is 4.42. The van der Waals surface area contributed by atoms with Crippen molar-refractivity contribution in [1.82, 2.24) is 10.3 Å². The topological polar surface area (TPSA) is 24.9 Å². The van der Waals surface area contributed by atoms with Gasteiger partial charge in [0.15, 0.2) is 0 Å². The van der Waals surface area contributed by atoms with Gasteiger partial charge in [0.1, 0.15) is 0 Å². The van der Waals surface area contributed by atoms with Gasteiger partial charge >= 0.3 is 0 Å². The smallest absolute Gasteiger partial charge is 0.0930 e. The van der Waals surface area contributed by atoms with Crippen LogP contribution in [0.5, 0.6) is 0 Å². The molecule has 1 N–H and O–H groups in total. The first kappa shape index (κ1) is 15.5. The average molecular weight is 307 g/mol. The van der Waals surface area contributed by atoms with Crippen LogP contribution in [0.1, 0.15) is 64.3 Å². The van der Waals surface area contributed by atoms with Crippen LogP contribution >= 0.6 is 11.3 Å². The summed E-state index contributed by atoms with van der Waals surface area (Å²) in [4.78, 5) is 4.56. The molecule has 2 aliphatic rings. The van der Waals surface area contributed by atoms with Crippen molar-refractivity contribution in [3.63, 3.8) is 0 Å². The summed E-state index contributed by atoms with van der Waals surface area (Å²) in [6.45, 7) is 8.43. The Morgan fingerprint density at radius 2 is 1.95 bits per heavy atom. The van der Waals surface area contributed by atoms with Gasteiger partial charge in [-0.1, -0.05) is 20.8 Å². The summed E-state index contributed by atoms with van der Waals surface area (Å²) in [5.74, 6) is 0.892. The van der Waals surface area contributed by atoms with Crippen molar-refractivity contribution in [3.05, 3.63) is 16.6 Å². The molecule has 3 rings (SSSR count). The highest BCUT2D eigenvalue weighted by Gasteiger charge is 2.40. The van der Waals surface area contributed by atoms with Gasteiger partial charge in [0.05, 0.1) is 5.01 Å². The fourth-order valence-corrected chi connectivity index (χ4v) is 4.61. The van der Waals surface area contributed by atoms with E-state index in [0.29, 0.717) is 10.8 Å². The van der Waals surface area contributed by atoms with Crippen molar-refractivity contribution in [3.8, 4) is 0 Å². The zero-order valence-electron chi connectivity index (χ0n) is 13.8. The Bertz CT molecular complexity index is 434. The van der Waals surface area contributed by atoms with E-state index in [1.807, 2.05) is 17.5 Å². The summed E-state index contributed by atoms with van der Waals surface area (Å²) in [7, 11) is 0. The molecule has 21 heavy (non-hydrogen) atoms. The molecule has 3 heteroatoms. The van der Waals surface area contributed by atoms with E-state index in [1.54, 1.807) is 0 Å². The maximum absolute atomic E-state index is 4.56. The first-order valence-electron chi connectivity index (χ1n) is 8.59. The maximum Gasteiger partial charge on any atom is 0.0930 e. The van der Waals surface area contributed by atoms with Gasteiger partial charge in [-0.25, -0.2) is 4.98 Å². The third-order valence-corrected chi connectivity index (χ3v) is 6.40. The van der Waals surface area contributed by atoms with Crippen LogP contribution in [0.4, 0.5) is 0 Å². The van der Waals surface area contributed by atoms with E-state index in [2.05, 4.69) is 36.5 Å². The van der Waals surface area contributed by atoms with E-state index in [-0.39, 0.29) is 0 Å². The summed E-state index contributed by atoms with van der Waals surface area (Å²) >= 11 is 1.83. The van der Waals surface area contributed by atoms with Gasteiger partial charge in [-0.05, 0) is 55.3 Å². The minimum atomic E-state index is 0.461. The molecular weight excluding hydrogens is 276 g/mol. The fourth-order valence-electron chi connectivity index (χ4n) is 3.82. The Morgan fingerprint density at radius 3 is 2.48 bits per heavy atom. The second-order valence-electron chi connectivity index (χ2n) is 8.40. The van der Waals surface area contributed by atoms with E-state index in [0.717, 1.165) is 12.0 Å². The second kappa shape index (κ2) is 6.00. The molecule has 0 atom stereocenters. The van der Waals surface area contributed by atoms with Crippen LogP contribution in [0.25, 0.3) is 0 Å². The molecule has 0 aromatic carbocycles. The first-order chi connectivity index (χ1) is 9.97. The summed E-state index contributed by atoms with van der Waals surface area (Å²) in [5.41, 5.74) is 0.930. The van der Waals surface area contributed by atoms with Crippen molar-refractivity contribution in [2.75, 3.05) is 6.54 Å². The van der Waals surface area contributed by atoms with Crippen LogP contribution in [0.15, 0.2) is 11.6 Å². The van der Waals surface area contributed by atoms with Crippen molar-refractivity contribution < 1.29 is 0 Å². The summed E-state index contributed by atoms with van der Waals surface area (Å²) < 4.78 is 0. The number of thiazole rings is 1. The van der Waals surface area contributed by atoms with Crippen LogP contribution in [0, 0.1) is 16.7 Å². The van der Waals surface area contributed by atoms with E-state index in [4.69, 9.17) is 0 Å².